The summed E-state index contributed by atoms with van der Waals surface area (Å²) in [6.45, 7) is 0. The van der Waals surface area contributed by atoms with Crippen LogP contribution in [0.3, 0.4) is 0 Å². The molecule has 2 aromatic carbocycles. The summed E-state index contributed by atoms with van der Waals surface area (Å²) in [6, 6.07) is 8.36. The largest absolute Gasteiger partial charge is 0.495 e. The average molecular weight is 405 g/mol. The van der Waals surface area contributed by atoms with Gasteiger partial charge in [-0.2, -0.15) is 9.37 Å². The van der Waals surface area contributed by atoms with Gasteiger partial charge in [0.15, 0.2) is 5.82 Å². The highest BCUT2D eigenvalue weighted by Gasteiger charge is 2.15. The zero-order valence-electron chi connectivity index (χ0n) is 14.4. The number of nitrogens with one attached hydrogen (secondary N) is 2. The van der Waals surface area contributed by atoms with Crippen LogP contribution in [0.2, 0.25) is 5.02 Å². The van der Waals surface area contributed by atoms with Crippen LogP contribution in [0.25, 0.3) is 0 Å². The number of nitrogens with two attached hydrogens (primary N) is 1. The quantitative estimate of drug-likeness (QED) is 0.316. The van der Waals surface area contributed by atoms with Gasteiger partial charge >= 0.3 is 5.69 Å². The van der Waals surface area contributed by atoms with E-state index in [1.165, 1.54) is 19.4 Å². The molecule has 0 aliphatic heterocycles. The number of hydrogen-bond acceptors (Lipinski definition) is 8. The summed E-state index contributed by atoms with van der Waals surface area (Å²) >= 11 is 6.15. The number of nitro groups is 1. The first kappa shape index (κ1) is 19.1. The number of halogens is 2. The summed E-state index contributed by atoms with van der Waals surface area (Å²) in [5.74, 6) is -0.0772. The third-order valence-electron chi connectivity index (χ3n) is 3.62. The van der Waals surface area contributed by atoms with Crippen molar-refractivity contribution in [2.75, 3.05) is 23.5 Å². The Hall–Kier alpha value is -3.66. The van der Waals surface area contributed by atoms with E-state index in [0.29, 0.717) is 17.1 Å². The summed E-state index contributed by atoms with van der Waals surface area (Å²) in [6.07, 6.45) is 1.34. The van der Waals surface area contributed by atoms with Crippen molar-refractivity contribution in [2.24, 2.45) is 0 Å². The number of anilines is 5. The van der Waals surface area contributed by atoms with E-state index in [4.69, 9.17) is 22.1 Å². The number of methoxy groups -OCH3 is 1. The first-order valence-electron chi connectivity index (χ1n) is 7.81. The summed E-state index contributed by atoms with van der Waals surface area (Å²) in [7, 11) is 1.51. The van der Waals surface area contributed by atoms with Gasteiger partial charge in [0.05, 0.1) is 23.9 Å². The maximum absolute atomic E-state index is 13.5. The van der Waals surface area contributed by atoms with Gasteiger partial charge in [0.25, 0.3) is 0 Å². The van der Waals surface area contributed by atoms with E-state index in [2.05, 4.69) is 20.6 Å². The van der Waals surface area contributed by atoms with Crippen molar-refractivity contribution in [1.82, 2.24) is 9.97 Å². The van der Waals surface area contributed by atoms with E-state index < -0.39 is 16.4 Å². The molecule has 0 radical (unpaired) electrons. The molecule has 0 unspecified atom stereocenters. The lowest BCUT2D eigenvalue weighted by Gasteiger charge is -2.13. The predicted molar refractivity (Wildman–Crippen MR) is 104 cm³/mol. The molecular weight excluding hydrogens is 391 g/mol. The average Bonchev–Trinajstić information content (AvgIpc) is 2.66. The van der Waals surface area contributed by atoms with Crippen LogP contribution in [0.4, 0.5) is 38.9 Å². The van der Waals surface area contributed by atoms with Crippen molar-refractivity contribution in [3.8, 4) is 5.75 Å². The SMILES string of the molecule is COc1ccc(N)cc1Nc1nc(Nc2ccc(F)c([N+](=O)[O-])c2)ncc1Cl. The van der Waals surface area contributed by atoms with Crippen molar-refractivity contribution in [3.05, 3.63) is 63.5 Å². The Kier molecular flexibility index (Phi) is 5.41. The van der Waals surface area contributed by atoms with Crippen LogP contribution in [-0.4, -0.2) is 22.0 Å². The van der Waals surface area contributed by atoms with Gasteiger partial charge in [-0.15, -0.1) is 0 Å². The van der Waals surface area contributed by atoms with E-state index in [-0.39, 0.29) is 22.5 Å². The summed E-state index contributed by atoms with van der Waals surface area (Å²) in [5, 5.41) is 16.9. The van der Waals surface area contributed by atoms with Crippen LogP contribution in [0.15, 0.2) is 42.6 Å². The molecule has 3 aromatic rings. The molecule has 0 aliphatic carbocycles. The third-order valence-corrected chi connectivity index (χ3v) is 3.90. The van der Waals surface area contributed by atoms with Crippen LogP contribution in [0.1, 0.15) is 0 Å². The second-order valence-corrected chi connectivity index (χ2v) is 5.93. The first-order chi connectivity index (χ1) is 13.4. The van der Waals surface area contributed by atoms with Crippen LogP contribution in [0, 0.1) is 15.9 Å². The maximum Gasteiger partial charge on any atom is 0.306 e. The van der Waals surface area contributed by atoms with Crippen molar-refractivity contribution in [3.63, 3.8) is 0 Å². The van der Waals surface area contributed by atoms with Gasteiger partial charge in [-0.05, 0) is 30.3 Å². The Morgan fingerprint density at radius 2 is 2.04 bits per heavy atom. The Bertz CT molecular complexity index is 1050. The van der Waals surface area contributed by atoms with Gasteiger partial charge < -0.3 is 21.1 Å². The molecule has 1 aromatic heterocycles. The normalized spacial score (nSPS) is 10.4. The van der Waals surface area contributed by atoms with Gasteiger partial charge in [0.1, 0.15) is 10.8 Å². The van der Waals surface area contributed by atoms with Crippen molar-refractivity contribution in [1.29, 1.82) is 0 Å². The van der Waals surface area contributed by atoms with Crippen molar-refractivity contribution < 1.29 is 14.1 Å². The number of nitrogen functional groups attached to an aromatic ring is 1. The molecule has 28 heavy (non-hydrogen) atoms. The lowest BCUT2D eigenvalue weighted by atomic mass is 10.2. The molecule has 144 valence electrons. The molecule has 0 saturated heterocycles. The summed E-state index contributed by atoms with van der Waals surface area (Å²) < 4.78 is 18.7. The Morgan fingerprint density at radius 3 is 2.75 bits per heavy atom. The van der Waals surface area contributed by atoms with Crippen LogP contribution >= 0.6 is 11.6 Å². The lowest BCUT2D eigenvalue weighted by Crippen LogP contribution is -2.03. The molecule has 0 atom stereocenters. The summed E-state index contributed by atoms with van der Waals surface area (Å²) in [4.78, 5) is 18.3. The minimum Gasteiger partial charge on any atom is -0.495 e. The molecule has 1 heterocycles. The van der Waals surface area contributed by atoms with Gasteiger partial charge in [-0.3, -0.25) is 10.1 Å². The zero-order chi connectivity index (χ0) is 20.3. The van der Waals surface area contributed by atoms with Crippen molar-refractivity contribution in [2.45, 2.75) is 0 Å². The maximum atomic E-state index is 13.5. The number of rotatable bonds is 6. The third kappa shape index (κ3) is 4.18. The minimum atomic E-state index is -0.941. The molecule has 3 rings (SSSR count). The Labute approximate surface area is 163 Å². The van der Waals surface area contributed by atoms with E-state index in [9.17, 15) is 14.5 Å². The molecule has 0 amide bonds. The molecule has 0 saturated carbocycles. The monoisotopic (exact) mass is 404 g/mol. The first-order valence-corrected chi connectivity index (χ1v) is 8.19. The van der Waals surface area contributed by atoms with Gasteiger partial charge in [0.2, 0.25) is 11.8 Å². The molecule has 4 N–H and O–H groups in total. The van der Waals surface area contributed by atoms with E-state index in [1.54, 1.807) is 18.2 Å². The van der Waals surface area contributed by atoms with Gasteiger partial charge in [-0.25, -0.2) is 4.98 Å². The van der Waals surface area contributed by atoms with Gasteiger partial charge in [-0.1, -0.05) is 11.6 Å². The second kappa shape index (κ2) is 7.92. The highest BCUT2D eigenvalue weighted by molar-refractivity contribution is 6.32. The highest BCUT2D eigenvalue weighted by atomic mass is 35.5. The smallest absolute Gasteiger partial charge is 0.306 e. The van der Waals surface area contributed by atoms with Crippen LogP contribution in [0.5, 0.6) is 5.75 Å². The standard InChI is InChI=1S/C17H14ClFN6O3/c1-28-15-5-2-9(20)6-13(15)23-16-11(18)8-21-17(24-16)22-10-3-4-12(19)14(7-10)25(26)27/h2-8H,20H2,1H3,(H2,21,22,23,24). The number of aromatic nitrogens is 2. The van der Waals surface area contributed by atoms with E-state index in [1.807, 2.05) is 0 Å². The zero-order valence-corrected chi connectivity index (χ0v) is 15.2. The molecule has 11 heteroatoms. The predicted octanol–water partition coefficient (Wildman–Crippen LogP) is 4.26. The molecule has 0 fully saturated rings. The number of ether oxygens (including phenoxy) is 1. The Balaban J connectivity index is 1.89. The van der Waals surface area contributed by atoms with Gasteiger partial charge in [0, 0.05) is 17.4 Å². The minimum absolute atomic E-state index is 0.0932. The second-order valence-electron chi connectivity index (χ2n) is 5.52. The fourth-order valence-corrected chi connectivity index (χ4v) is 2.46. The summed E-state index contributed by atoms with van der Waals surface area (Å²) in [5.41, 5.74) is 6.41. The number of nitro benzene ring substituents is 1. The molecule has 0 bridgehead atoms. The molecule has 0 spiro atoms. The van der Waals surface area contributed by atoms with E-state index >= 15 is 0 Å². The number of hydrogen-bond donors (Lipinski definition) is 3. The number of benzene rings is 2. The number of nitrogens with zero attached hydrogens (tertiary/aromatic N) is 3. The molecular formula is C17H14ClFN6O3. The van der Waals surface area contributed by atoms with Crippen LogP contribution in [-0.2, 0) is 0 Å². The van der Waals surface area contributed by atoms with Crippen molar-refractivity contribution >= 4 is 46.1 Å². The topological polar surface area (TPSA) is 128 Å². The highest BCUT2D eigenvalue weighted by Crippen LogP contribution is 2.32. The van der Waals surface area contributed by atoms with Crippen LogP contribution < -0.4 is 21.1 Å². The lowest BCUT2D eigenvalue weighted by molar-refractivity contribution is -0.387. The van der Waals surface area contributed by atoms with E-state index in [0.717, 1.165) is 12.1 Å². The molecule has 0 aliphatic rings. The Morgan fingerprint density at radius 1 is 1.25 bits per heavy atom. The fourth-order valence-electron chi connectivity index (χ4n) is 2.33. The fraction of sp³-hybridized carbons (Fsp3) is 0.0588. The molecule has 9 nitrogen and oxygen atoms in total.